The second kappa shape index (κ2) is 5.79. The Labute approximate surface area is 117 Å². The van der Waals surface area contributed by atoms with Crippen LogP contribution in [0.1, 0.15) is 5.56 Å². The molecule has 0 radical (unpaired) electrons. The van der Waals surface area contributed by atoms with Gasteiger partial charge in [0.15, 0.2) is 11.6 Å². The fourth-order valence-electron chi connectivity index (χ4n) is 1.53. The van der Waals surface area contributed by atoms with Gasteiger partial charge in [-0.1, -0.05) is 28.1 Å². The molecule has 98 valence electrons. The number of nitro groups is 1. The third kappa shape index (κ3) is 3.08. The van der Waals surface area contributed by atoms with Gasteiger partial charge in [0.1, 0.15) is 5.75 Å². The minimum absolute atomic E-state index is 0.0402. The van der Waals surface area contributed by atoms with Crippen LogP contribution < -0.4 is 4.74 Å². The lowest BCUT2D eigenvalue weighted by atomic mass is 10.2. The van der Waals surface area contributed by atoms with E-state index in [9.17, 15) is 14.5 Å². The first kappa shape index (κ1) is 13.5. The number of nitro benzene ring substituents is 1. The molecule has 0 aliphatic rings. The zero-order valence-electron chi connectivity index (χ0n) is 9.68. The molecule has 2 rings (SSSR count). The van der Waals surface area contributed by atoms with Crippen LogP contribution >= 0.6 is 15.9 Å². The van der Waals surface area contributed by atoms with Crippen LogP contribution in [0.3, 0.4) is 0 Å². The molecule has 4 nitrogen and oxygen atoms in total. The number of halogens is 2. The summed E-state index contributed by atoms with van der Waals surface area (Å²) >= 11 is 3.25. The first-order valence-electron chi connectivity index (χ1n) is 5.37. The fourth-order valence-corrected chi connectivity index (χ4v) is 1.97. The van der Waals surface area contributed by atoms with Crippen molar-refractivity contribution in [2.24, 2.45) is 0 Å². The van der Waals surface area contributed by atoms with Gasteiger partial charge >= 0.3 is 0 Å². The van der Waals surface area contributed by atoms with E-state index >= 15 is 0 Å². The molecule has 2 aromatic carbocycles. The molecule has 0 aromatic heterocycles. The summed E-state index contributed by atoms with van der Waals surface area (Å²) in [5.41, 5.74) is 0.625. The molecule has 0 aliphatic carbocycles. The number of nitrogens with zero attached hydrogens (tertiary/aromatic N) is 1. The van der Waals surface area contributed by atoms with E-state index < -0.39 is 10.7 Å². The van der Waals surface area contributed by atoms with Crippen LogP contribution in [0.15, 0.2) is 42.5 Å². The summed E-state index contributed by atoms with van der Waals surface area (Å²) < 4.78 is 19.1. The van der Waals surface area contributed by atoms with Gasteiger partial charge in [-0.05, 0) is 18.2 Å². The summed E-state index contributed by atoms with van der Waals surface area (Å²) in [6, 6.07) is 10.1. The highest BCUT2D eigenvalue weighted by Crippen LogP contribution is 2.30. The number of benzene rings is 2. The molecule has 0 saturated heterocycles. The summed E-state index contributed by atoms with van der Waals surface area (Å²) in [5, 5.41) is 11.0. The Morgan fingerprint density at radius 1 is 1.21 bits per heavy atom. The lowest BCUT2D eigenvalue weighted by molar-refractivity contribution is -0.384. The molecule has 0 fully saturated rings. The highest BCUT2D eigenvalue weighted by molar-refractivity contribution is 9.08. The highest BCUT2D eigenvalue weighted by Gasteiger charge is 2.11. The molecular weight excluding hydrogens is 317 g/mol. The first-order valence-corrected chi connectivity index (χ1v) is 6.49. The van der Waals surface area contributed by atoms with Crippen LogP contribution in [0.25, 0.3) is 0 Å². The van der Waals surface area contributed by atoms with Gasteiger partial charge in [0.2, 0.25) is 0 Å². The van der Waals surface area contributed by atoms with Crippen molar-refractivity contribution in [1.82, 2.24) is 0 Å². The second-order valence-corrected chi connectivity index (χ2v) is 4.28. The van der Waals surface area contributed by atoms with Gasteiger partial charge in [-0.3, -0.25) is 10.1 Å². The Kier molecular flexibility index (Phi) is 4.11. The van der Waals surface area contributed by atoms with E-state index in [1.807, 2.05) is 0 Å². The number of ether oxygens (including phenoxy) is 1. The summed E-state index contributed by atoms with van der Waals surface area (Å²) in [6.45, 7) is 0. The van der Waals surface area contributed by atoms with Crippen molar-refractivity contribution in [3.8, 4) is 11.5 Å². The lowest BCUT2D eigenvalue weighted by Gasteiger charge is -2.10. The Morgan fingerprint density at radius 3 is 2.47 bits per heavy atom. The SMILES string of the molecule is O=[N+]([O-])c1ccc(Oc2c(F)cccc2CBr)cc1. The number of hydrogen-bond donors (Lipinski definition) is 0. The van der Waals surface area contributed by atoms with Gasteiger partial charge in [0.05, 0.1) is 4.92 Å². The molecule has 0 saturated carbocycles. The van der Waals surface area contributed by atoms with Crippen LogP contribution in [-0.4, -0.2) is 4.92 Å². The largest absolute Gasteiger partial charge is 0.454 e. The van der Waals surface area contributed by atoms with Crippen molar-refractivity contribution < 1.29 is 14.1 Å². The van der Waals surface area contributed by atoms with Crippen molar-refractivity contribution >= 4 is 21.6 Å². The highest BCUT2D eigenvalue weighted by atomic mass is 79.9. The molecule has 0 bridgehead atoms. The molecule has 0 aliphatic heterocycles. The summed E-state index contributed by atoms with van der Waals surface area (Å²) in [4.78, 5) is 10.0. The molecule has 0 unspecified atom stereocenters. The van der Waals surface area contributed by atoms with Crippen molar-refractivity contribution in [2.75, 3.05) is 0 Å². The maximum atomic E-state index is 13.7. The zero-order valence-corrected chi connectivity index (χ0v) is 11.3. The van der Waals surface area contributed by atoms with Crippen molar-refractivity contribution in [3.63, 3.8) is 0 Å². The zero-order chi connectivity index (χ0) is 13.8. The Morgan fingerprint density at radius 2 is 1.89 bits per heavy atom. The Balaban J connectivity index is 2.28. The Bertz CT molecular complexity index is 601. The van der Waals surface area contributed by atoms with Crippen LogP contribution in [-0.2, 0) is 5.33 Å². The van der Waals surface area contributed by atoms with Crippen LogP contribution in [0, 0.1) is 15.9 Å². The molecule has 6 heteroatoms. The summed E-state index contributed by atoms with van der Waals surface area (Å²) in [7, 11) is 0. The predicted molar refractivity (Wildman–Crippen MR) is 72.2 cm³/mol. The van der Waals surface area contributed by atoms with Gasteiger partial charge in [-0.15, -0.1) is 0 Å². The summed E-state index contributed by atoms with van der Waals surface area (Å²) in [5.74, 6) is -0.0126. The minimum Gasteiger partial charge on any atom is -0.454 e. The predicted octanol–water partition coefficient (Wildman–Crippen LogP) is 4.42. The quantitative estimate of drug-likeness (QED) is 0.475. The van der Waals surface area contributed by atoms with Crippen molar-refractivity contribution in [1.29, 1.82) is 0 Å². The molecule has 0 spiro atoms. The van der Waals surface area contributed by atoms with Gasteiger partial charge in [-0.2, -0.15) is 0 Å². The third-order valence-corrected chi connectivity index (χ3v) is 3.06. The van der Waals surface area contributed by atoms with E-state index in [0.717, 1.165) is 0 Å². The number of alkyl halides is 1. The van der Waals surface area contributed by atoms with Gasteiger partial charge < -0.3 is 4.74 Å². The normalized spacial score (nSPS) is 10.2. The van der Waals surface area contributed by atoms with Gasteiger partial charge in [0.25, 0.3) is 5.69 Å². The standard InChI is InChI=1S/C13H9BrFNO3/c14-8-9-2-1-3-12(15)13(9)19-11-6-4-10(5-7-11)16(17)18/h1-7H,8H2. The fraction of sp³-hybridized carbons (Fsp3) is 0.0769. The maximum absolute atomic E-state index is 13.7. The molecular formula is C13H9BrFNO3. The van der Waals surface area contributed by atoms with Crippen molar-refractivity contribution in [2.45, 2.75) is 5.33 Å². The number of para-hydroxylation sites is 1. The lowest BCUT2D eigenvalue weighted by Crippen LogP contribution is -1.94. The first-order chi connectivity index (χ1) is 9.11. The van der Waals surface area contributed by atoms with E-state index in [1.54, 1.807) is 12.1 Å². The Hall–Kier alpha value is -1.95. The van der Waals surface area contributed by atoms with E-state index in [-0.39, 0.29) is 11.4 Å². The molecule has 0 atom stereocenters. The molecule has 0 amide bonds. The number of hydrogen-bond acceptors (Lipinski definition) is 3. The number of non-ortho nitro benzene ring substituents is 1. The number of rotatable bonds is 4. The van der Waals surface area contributed by atoms with E-state index in [2.05, 4.69) is 15.9 Å². The van der Waals surface area contributed by atoms with Crippen molar-refractivity contribution in [3.05, 3.63) is 64.0 Å². The monoisotopic (exact) mass is 325 g/mol. The van der Waals surface area contributed by atoms with Gasteiger partial charge in [-0.25, -0.2) is 4.39 Å². The molecule has 19 heavy (non-hydrogen) atoms. The van der Waals surface area contributed by atoms with Crippen LogP contribution in [0.2, 0.25) is 0 Å². The maximum Gasteiger partial charge on any atom is 0.269 e. The van der Waals surface area contributed by atoms with Crippen LogP contribution in [0.5, 0.6) is 11.5 Å². The van der Waals surface area contributed by atoms with E-state index in [0.29, 0.717) is 16.6 Å². The topological polar surface area (TPSA) is 52.4 Å². The second-order valence-electron chi connectivity index (χ2n) is 3.71. The molecule has 0 N–H and O–H groups in total. The van der Waals surface area contributed by atoms with Gasteiger partial charge in [0, 0.05) is 23.0 Å². The van der Waals surface area contributed by atoms with E-state index in [4.69, 9.17) is 4.74 Å². The third-order valence-electron chi connectivity index (χ3n) is 2.46. The minimum atomic E-state index is -0.503. The smallest absolute Gasteiger partial charge is 0.269 e. The average molecular weight is 326 g/mol. The molecule has 0 heterocycles. The average Bonchev–Trinajstić information content (AvgIpc) is 2.41. The van der Waals surface area contributed by atoms with E-state index in [1.165, 1.54) is 30.3 Å². The summed E-state index contributed by atoms with van der Waals surface area (Å²) in [6.07, 6.45) is 0. The molecule has 2 aromatic rings. The van der Waals surface area contributed by atoms with Crippen LogP contribution in [0.4, 0.5) is 10.1 Å².